The number of esters is 1. The lowest BCUT2D eigenvalue weighted by molar-refractivity contribution is -0.148. The number of hydrogen-bond donors (Lipinski definition) is 1. The van der Waals surface area contributed by atoms with Crippen LogP contribution in [0.25, 0.3) is 0 Å². The van der Waals surface area contributed by atoms with E-state index in [0.717, 1.165) is 0 Å². The third-order valence-electron chi connectivity index (χ3n) is 3.77. The van der Waals surface area contributed by atoms with Crippen molar-refractivity contribution >= 4 is 44.6 Å². The minimum absolute atomic E-state index is 0.103. The van der Waals surface area contributed by atoms with E-state index in [4.69, 9.17) is 16.3 Å². The highest BCUT2D eigenvalue weighted by molar-refractivity contribution is 7.92. The van der Waals surface area contributed by atoms with E-state index in [0.29, 0.717) is 21.2 Å². The van der Waals surface area contributed by atoms with Gasteiger partial charge in [-0.2, -0.15) is 0 Å². The molecule has 2 aromatic rings. The Balaban J connectivity index is 2.41. The van der Waals surface area contributed by atoms with Crippen molar-refractivity contribution in [3.05, 3.63) is 45.1 Å². The van der Waals surface area contributed by atoms with E-state index >= 15 is 0 Å². The first kappa shape index (κ1) is 19.8. The van der Waals surface area contributed by atoms with Crippen molar-refractivity contribution in [2.24, 2.45) is 0 Å². The average molecular weight is 402 g/mol. The molecule has 25 heavy (non-hydrogen) atoms. The zero-order chi connectivity index (χ0) is 18.8. The molecule has 1 heterocycles. The Labute approximate surface area is 157 Å². The van der Waals surface area contributed by atoms with Crippen LogP contribution in [0.2, 0.25) is 5.02 Å². The Morgan fingerprint density at radius 1 is 1.32 bits per heavy atom. The van der Waals surface area contributed by atoms with Crippen LogP contribution < -0.4 is 4.72 Å². The van der Waals surface area contributed by atoms with Crippen LogP contribution in [0.15, 0.2) is 34.5 Å². The second kappa shape index (κ2) is 7.35. The van der Waals surface area contributed by atoms with Gasteiger partial charge in [0.15, 0.2) is 0 Å². The summed E-state index contributed by atoms with van der Waals surface area (Å²) in [4.78, 5) is 12.9. The Bertz CT molecular complexity index is 888. The minimum Gasteiger partial charge on any atom is -0.465 e. The van der Waals surface area contributed by atoms with E-state index in [1.54, 1.807) is 51.3 Å². The second-order valence-electron chi connectivity index (χ2n) is 5.98. The monoisotopic (exact) mass is 401 g/mol. The van der Waals surface area contributed by atoms with Crippen molar-refractivity contribution in [2.75, 3.05) is 11.3 Å². The van der Waals surface area contributed by atoms with Gasteiger partial charge in [0.2, 0.25) is 0 Å². The van der Waals surface area contributed by atoms with Gasteiger partial charge in [-0.3, -0.25) is 9.52 Å². The van der Waals surface area contributed by atoms with Crippen molar-refractivity contribution < 1.29 is 17.9 Å². The molecule has 1 aromatic heterocycles. The zero-order valence-electron chi connectivity index (χ0n) is 14.4. The minimum atomic E-state index is -3.84. The first-order valence-electron chi connectivity index (χ1n) is 7.64. The van der Waals surface area contributed by atoms with E-state index in [-0.39, 0.29) is 11.5 Å². The summed E-state index contributed by atoms with van der Waals surface area (Å²) in [6, 6.07) is 6.35. The summed E-state index contributed by atoms with van der Waals surface area (Å²) in [5.41, 5.74) is -0.133. The van der Waals surface area contributed by atoms with Crippen LogP contribution >= 0.6 is 22.9 Å². The highest BCUT2D eigenvalue weighted by Gasteiger charge is 2.36. The van der Waals surface area contributed by atoms with Crippen LogP contribution in [-0.4, -0.2) is 21.0 Å². The number of carbonyl (C=O) groups excluding carboxylic acids is 1. The van der Waals surface area contributed by atoms with Crippen molar-refractivity contribution in [1.82, 2.24) is 0 Å². The van der Waals surface area contributed by atoms with Crippen LogP contribution in [0.3, 0.4) is 0 Å². The molecule has 0 fully saturated rings. The predicted octanol–water partition coefficient (Wildman–Crippen LogP) is 4.35. The molecule has 0 radical (unpaired) electrons. The molecule has 0 aliphatic carbocycles. The highest BCUT2D eigenvalue weighted by atomic mass is 35.5. The van der Waals surface area contributed by atoms with Gasteiger partial charge in [0.05, 0.1) is 22.6 Å². The summed E-state index contributed by atoms with van der Waals surface area (Å²) in [5.74, 6) is -0.406. The standard InChI is InChI=1S/C17H20ClNO4S2/c1-5-23-16(20)17(3,4)15-13(9-10-24-15)19-25(21,22)14-8-6-7-12(18)11(14)2/h6-10,19H,5H2,1-4H3. The molecule has 0 saturated heterocycles. The van der Waals surface area contributed by atoms with Gasteiger partial charge >= 0.3 is 5.97 Å². The SMILES string of the molecule is CCOC(=O)C(C)(C)c1sccc1NS(=O)(=O)c1cccc(Cl)c1C. The van der Waals surface area contributed by atoms with Crippen molar-refractivity contribution in [3.63, 3.8) is 0 Å². The maximum atomic E-state index is 12.8. The van der Waals surface area contributed by atoms with Crippen LogP contribution in [0.5, 0.6) is 0 Å². The second-order valence-corrected chi connectivity index (χ2v) is 8.95. The molecule has 0 amide bonds. The molecule has 8 heteroatoms. The molecular weight excluding hydrogens is 382 g/mol. The molecule has 2 rings (SSSR count). The number of rotatable bonds is 6. The summed E-state index contributed by atoms with van der Waals surface area (Å²) in [7, 11) is -3.84. The lowest BCUT2D eigenvalue weighted by Crippen LogP contribution is -2.31. The maximum Gasteiger partial charge on any atom is 0.316 e. The molecule has 0 aliphatic heterocycles. The van der Waals surface area contributed by atoms with Gasteiger partial charge in [0.1, 0.15) is 0 Å². The molecule has 0 bridgehead atoms. The molecule has 136 valence electrons. The number of carbonyl (C=O) groups is 1. The fourth-order valence-corrected chi connectivity index (χ4v) is 4.96. The van der Waals surface area contributed by atoms with Gasteiger partial charge in [0.25, 0.3) is 10.0 Å². The molecule has 0 unspecified atom stereocenters. The normalized spacial score (nSPS) is 12.0. The lowest BCUT2D eigenvalue weighted by atomic mass is 9.91. The van der Waals surface area contributed by atoms with Crippen LogP contribution in [0, 0.1) is 6.92 Å². The van der Waals surface area contributed by atoms with Crippen LogP contribution in [0.4, 0.5) is 5.69 Å². The Kier molecular flexibility index (Phi) is 5.81. The number of anilines is 1. The van der Waals surface area contributed by atoms with E-state index in [9.17, 15) is 13.2 Å². The number of halogens is 1. The summed E-state index contributed by atoms with van der Waals surface area (Å²) in [6.45, 7) is 7.05. The number of sulfonamides is 1. The van der Waals surface area contributed by atoms with Gasteiger partial charge in [-0.1, -0.05) is 17.7 Å². The highest BCUT2D eigenvalue weighted by Crippen LogP contribution is 2.37. The van der Waals surface area contributed by atoms with Gasteiger partial charge < -0.3 is 4.74 Å². The van der Waals surface area contributed by atoms with Crippen molar-refractivity contribution in [3.8, 4) is 0 Å². The first-order valence-corrected chi connectivity index (χ1v) is 10.4. The quantitative estimate of drug-likeness (QED) is 0.730. The van der Waals surface area contributed by atoms with Gasteiger partial charge in [-0.05, 0) is 56.8 Å². The predicted molar refractivity (Wildman–Crippen MR) is 101 cm³/mol. The van der Waals surface area contributed by atoms with E-state index < -0.39 is 21.4 Å². The Morgan fingerprint density at radius 2 is 2.00 bits per heavy atom. The fraction of sp³-hybridized carbons (Fsp3) is 0.353. The van der Waals surface area contributed by atoms with E-state index in [1.165, 1.54) is 17.4 Å². The molecule has 0 aliphatic rings. The topological polar surface area (TPSA) is 72.5 Å². The summed E-state index contributed by atoms with van der Waals surface area (Å²) in [5, 5.41) is 2.11. The number of nitrogens with one attached hydrogen (secondary N) is 1. The lowest BCUT2D eigenvalue weighted by Gasteiger charge is -2.23. The molecule has 0 spiro atoms. The van der Waals surface area contributed by atoms with Gasteiger partial charge in [-0.15, -0.1) is 11.3 Å². The van der Waals surface area contributed by atoms with Crippen molar-refractivity contribution in [1.29, 1.82) is 0 Å². The number of benzene rings is 1. The molecule has 1 N–H and O–H groups in total. The van der Waals surface area contributed by atoms with E-state index in [2.05, 4.69) is 4.72 Å². The van der Waals surface area contributed by atoms with Crippen LogP contribution in [-0.2, 0) is 25.0 Å². The summed E-state index contributed by atoms with van der Waals surface area (Å²) >= 11 is 7.33. The molecule has 0 atom stereocenters. The van der Waals surface area contributed by atoms with Crippen LogP contribution in [0.1, 0.15) is 31.2 Å². The third kappa shape index (κ3) is 3.99. The summed E-state index contributed by atoms with van der Waals surface area (Å²) in [6.07, 6.45) is 0. The third-order valence-corrected chi connectivity index (χ3v) is 6.93. The average Bonchev–Trinajstić information content (AvgIpc) is 2.98. The molecule has 1 aromatic carbocycles. The maximum absolute atomic E-state index is 12.8. The Hall–Kier alpha value is -1.57. The zero-order valence-corrected chi connectivity index (χ0v) is 16.8. The fourth-order valence-electron chi connectivity index (χ4n) is 2.36. The molecule has 0 saturated carbocycles. The smallest absolute Gasteiger partial charge is 0.316 e. The largest absolute Gasteiger partial charge is 0.465 e. The number of hydrogen-bond acceptors (Lipinski definition) is 5. The Morgan fingerprint density at radius 3 is 2.64 bits per heavy atom. The first-order chi connectivity index (χ1) is 11.6. The number of thiophene rings is 1. The van der Waals surface area contributed by atoms with Gasteiger partial charge in [0, 0.05) is 9.90 Å². The number of ether oxygens (including phenoxy) is 1. The van der Waals surface area contributed by atoms with E-state index in [1.807, 2.05) is 0 Å². The van der Waals surface area contributed by atoms with Gasteiger partial charge in [-0.25, -0.2) is 8.42 Å². The summed E-state index contributed by atoms with van der Waals surface area (Å²) < 4.78 is 33.2. The molecule has 5 nitrogen and oxygen atoms in total. The van der Waals surface area contributed by atoms with Crippen molar-refractivity contribution in [2.45, 2.75) is 38.0 Å². The molecular formula is C17H20ClNO4S2.